The highest BCUT2D eigenvalue weighted by atomic mass is 15.2. The lowest BCUT2D eigenvalue weighted by Crippen LogP contribution is -2.33. The molecule has 17 heavy (non-hydrogen) atoms. The van der Waals surface area contributed by atoms with Crippen molar-refractivity contribution < 1.29 is 0 Å². The molecular weight excluding hydrogens is 212 g/mol. The summed E-state index contributed by atoms with van der Waals surface area (Å²) < 4.78 is 0. The van der Waals surface area contributed by atoms with Gasteiger partial charge in [-0.3, -0.25) is 0 Å². The molecule has 1 aliphatic carbocycles. The van der Waals surface area contributed by atoms with Crippen LogP contribution in [0.5, 0.6) is 0 Å². The van der Waals surface area contributed by atoms with Gasteiger partial charge in [0.05, 0.1) is 0 Å². The Morgan fingerprint density at radius 1 is 1.41 bits per heavy atom. The fourth-order valence-electron chi connectivity index (χ4n) is 1.99. The molecule has 2 rings (SSSR count). The summed E-state index contributed by atoms with van der Waals surface area (Å²) in [6.45, 7) is 7.53. The number of nitrogens with one attached hydrogen (secondary N) is 2. The summed E-state index contributed by atoms with van der Waals surface area (Å²) in [7, 11) is 0. The standard InChI is InChI=1S/C13H22N4/c1-4-8-14-12-15-9-7-11(16-12)17-13(2,3)10-5-6-10/h7,9-10H,4-6,8H2,1-3H3,(H2,14,15,16,17). The topological polar surface area (TPSA) is 49.8 Å². The lowest BCUT2D eigenvalue weighted by atomic mass is 9.99. The Bertz CT molecular complexity index is 371. The number of rotatable bonds is 6. The molecule has 0 bridgehead atoms. The SMILES string of the molecule is CCCNc1nccc(NC(C)(C)C2CC2)n1. The maximum absolute atomic E-state index is 4.47. The zero-order valence-electron chi connectivity index (χ0n) is 11.0. The number of nitrogens with zero attached hydrogens (tertiary/aromatic N) is 2. The van der Waals surface area contributed by atoms with E-state index in [2.05, 4.69) is 41.4 Å². The van der Waals surface area contributed by atoms with Crippen molar-refractivity contribution in [1.29, 1.82) is 0 Å². The molecule has 94 valence electrons. The van der Waals surface area contributed by atoms with E-state index in [9.17, 15) is 0 Å². The maximum atomic E-state index is 4.47. The molecule has 0 aromatic carbocycles. The fourth-order valence-corrected chi connectivity index (χ4v) is 1.99. The molecule has 1 aromatic heterocycles. The van der Waals surface area contributed by atoms with Crippen LogP contribution in [-0.4, -0.2) is 22.1 Å². The zero-order valence-corrected chi connectivity index (χ0v) is 11.0. The van der Waals surface area contributed by atoms with E-state index >= 15 is 0 Å². The predicted octanol–water partition coefficient (Wildman–Crippen LogP) is 2.90. The zero-order chi connectivity index (χ0) is 12.3. The maximum Gasteiger partial charge on any atom is 0.224 e. The molecule has 0 radical (unpaired) electrons. The first kappa shape index (κ1) is 12.1. The van der Waals surface area contributed by atoms with Crippen LogP contribution in [0, 0.1) is 5.92 Å². The Morgan fingerprint density at radius 2 is 2.18 bits per heavy atom. The van der Waals surface area contributed by atoms with Crippen LogP contribution in [0.3, 0.4) is 0 Å². The van der Waals surface area contributed by atoms with Gasteiger partial charge in [-0.05, 0) is 45.1 Å². The lowest BCUT2D eigenvalue weighted by molar-refractivity contribution is 0.492. The van der Waals surface area contributed by atoms with Gasteiger partial charge in [-0.2, -0.15) is 4.98 Å². The van der Waals surface area contributed by atoms with Gasteiger partial charge in [0.25, 0.3) is 0 Å². The molecule has 0 unspecified atom stereocenters. The molecular formula is C13H22N4. The summed E-state index contributed by atoms with van der Waals surface area (Å²) >= 11 is 0. The summed E-state index contributed by atoms with van der Waals surface area (Å²) in [5.74, 6) is 2.41. The third-order valence-corrected chi connectivity index (χ3v) is 3.24. The molecule has 0 amide bonds. The van der Waals surface area contributed by atoms with Crippen LogP contribution in [0.1, 0.15) is 40.0 Å². The summed E-state index contributed by atoms with van der Waals surface area (Å²) in [4.78, 5) is 8.68. The number of anilines is 2. The second kappa shape index (κ2) is 4.90. The minimum Gasteiger partial charge on any atom is -0.365 e. The van der Waals surface area contributed by atoms with Crippen molar-refractivity contribution in [1.82, 2.24) is 9.97 Å². The van der Waals surface area contributed by atoms with Crippen molar-refractivity contribution in [2.75, 3.05) is 17.2 Å². The Kier molecular flexibility index (Phi) is 3.50. The molecule has 2 N–H and O–H groups in total. The smallest absolute Gasteiger partial charge is 0.224 e. The lowest BCUT2D eigenvalue weighted by Gasteiger charge is -2.26. The first-order valence-corrected chi connectivity index (χ1v) is 6.47. The first-order valence-electron chi connectivity index (χ1n) is 6.47. The van der Waals surface area contributed by atoms with Gasteiger partial charge in [0.15, 0.2) is 0 Å². The molecule has 0 aliphatic heterocycles. The summed E-state index contributed by atoms with van der Waals surface area (Å²) in [5.41, 5.74) is 0.135. The average Bonchev–Trinajstić information content (AvgIpc) is 3.10. The predicted molar refractivity (Wildman–Crippen MR) is 71.2 cm³/mol. The highest BCUT2D eigenvalue weighted by Gasteiger charge is 2.37. The van der Waals surface area contributed by atoms with Crippen LogP contribution in [0.15, 0.2) is 12.3 Å². The molecule has 1 fully saturated rings. The van der Waals surface area contributed by atoms with E-state index in [-0.39, 0.29) is 5.54 Å². The number of hydrogen-bond donors (Lipinski definition) is 2. The number of aromatic nitrogens is 2. The molecule has 1 aliphatic rings. The van der Waals surface area contributed by atoms with Crippen LogP contribution < -0.4 is 10.6 Å². The minimum atomic E-state index is 0.135. The second-order valence-corrected chi connectivity index (χ2v) is 5.31. The molecule has 4 nitrogen and oxygen atoms in total. The van der Waals surface area contributed by atoms with Gasteiger partial charge >= 0.3 is 0 Å². The van der Waals surface area contributed by atoms with Gasteiger partial charge in [-0.15, -0.1) is 0 Å². The second-order valence-electron chi connectivity index (χ2n) is 5.31. The Labute approximate surface area is 103 Å². The van der Waals surface area contributed by atoms with Crippen LogP contribution in [0.2, 0.25) is 0 Å². The fraction of sp³-hybridized carbons (Fsp3) is 0.692. The quantitative estimate of drug-likeness (QED) is 0.794. The van der Waals surface area contributed by atoms with Gasteiger partial charge in [0.2, 0.25) is 5.95 Å². The van der Waals surface area contributed by atoms with Gasteiger partial charge in [-0.1, -0.05) is 6.92 Å². The minimum absolute atomic E-state index is 0.135. The normalized spacial score (nSPS) is 15.7. The average molecular weight is 234 g/mol. The van der Waals surface area contributed by atoms with Crippen molar-refractivity contribution in [2.24, 2.45) is 5.92 Å². The first-order chi connectivity index (χ1) is 8.12. The van der Waals surface area contributed by atoms with Crippen molar-refractivity contribution in [3.05, 3.63) is 12.3 Å². The van der Waals surface area contributed by atoms with Crippen molar-refractivity contribution in [3.8, 4) is 0 Å². The largest absolute Gasteiger partial charge is 0.365 e. The van der Waals surface area contributed by atoms with E-state index < -0.39 is 0 Å². The third-order valence-electron chi connectivity index (χ3n) is 3.24. The van der Waals surface area contributed by atoms with Crippen LogP contribution in [0.25, 0.3) is 0 Å². The van der Waals surface area contributed by atoms with Gasteiger partial charge in [0.1, 0.15) is 5.82 Å². The van der Waals surface area contributed by atoms with E-state index in [0.29, 0.717) is 5.95 Å². The van der Waals surface area contributed by atoms with E-state index in [1.54, 1.807) is 6.20 Å². The van der Waals surface area contributed by atoms with Gasteiger partial charge in [0, 0.05) is 18.3 Å². The van der Waals surface area contributed by atoms with E-state index in [1.807, 2.05) is 6.07 Å². The van der Waals surface area contributed by atoms with Crippen LogP contribution in [0.4, 0.5) is 11.8 Å². The third kappa shape index (κ3) is 3.32. The van der Waals surface area contributed by atoms with Crippen molar-refractivity contribution >= 4 is 11.8 Å². The monoisotopic (exact) mass is 234 g/mol. The summed E-state index contributed by atoms with van der Waals surface area (Å²) in [5, 5.41) is 6.71. The molecule has 1 aromatic rings. The molecule has 1 saturated carbocycles. The van der Waals surface area contributed by atoms with Crippen LogP contribution in [-0.2, 0) is 0 Å². The van der Waals surface area contributed by atoms with E-state index in [1.165, 1.54) is 12.8 Å². The van der Waals surface area contributed by atoms with E-state index in [0.717, 1.165) is 24.7 Å². The summed E-state index contributed by atoms with van der Waals surface area (Å²) in [6.07, 6.45) is 5.53. The van der Waals surface area contributed by atoms with E-state index in [4.69, 9.17) is 0 Å². The van der Waals surface area contributed by atoms with Gasteiger partial charge < -0.3 is 10.6 Å². The number of hydrogen-bond acceptors (Lipinski definition) is 4. The summed E-state index contributed by atoms with van der Waals surface area (Å²) in [6, 6.07) is 1.93. The molecule has 0 spiro atoms. The Balaban J connectivity index is 2.00. The Hall–Kier alpha value is -1.32. The van der Waals surface area contributed by atoms with Crippen LogP contribution >= 0.6 is 0 Å². The molecule has 0 atom stereocenters. The molecule has 0 saturated heterocycles. The Morgan fingerprint density at radius 3 is 2.82 bits per heavy atom. The van der Waals surface area contributed by atoms with Crippen molar-refractivity contribution in [3.63, 3.8) is 0 Å². The highest BCUT2D eigenvalue weighted by Crippen LogP contribution is 2.40. The van der Waals surface area contributed by atoms with Crippen molar-refractivity contribution in [2.45, 2.75) is 45.6 Å². The molecule has 4 heteroatoms. The molecule has 1 heterocycles. The van der Waals surface area contributed by atoms with Gasteiger partial charge in [-0.25, -0.2) is 4.98 Å². The highest BCUT2D eigenvalue weighted by molar-refractivity contribution is 5.42.